The van der Waals surface area contributed by atoms with E-state index < -0.39 is 0 Å². The van der Waals surface area contributed by atoms with Gasteiger partial charge in [-0.15, -0.1) is 0 Å². The van der Waals surface area contributed by atoms with Crippen molar-refractivity contribution >= 4 is 31.0 Å². The van der Waals surface area contributed by atoms with Crippen molar-refractivity contribution in [2.45, 2.75) is 47.2 Å². The van der Waals surface area contributed by atoms with Crippen LogP contribution < -0.4 is 16.4 Å². The topological polar surface area (TPSA) is 80.8 Å². The van der Waals surface area contributed by atoms with Crippen LogP contribution in [0.3, 0.4) is 0 Å². The van der Waals surface area contributed by atoms with Crippen molar-refractivity contribution in [3.63, 3.8) is 0 Å². The van der Waals surface area contributed by atoms with Crippen LogP contribution in [0.1, 0.15) is 34.6 Å². The molecule has 0 fully saturated rings. The standard InChI is InChI=1S/C16H18N6.2C2H6.B/c1-2-22-8-13(14-15(17)19-9-20-16(14)22)21-12-7-18-11-6-4-3-5-10(11)12;2*1-2;/h3-11,18,21H,2H2,1H3,(H2,17,19,20);2*1-2H3;. The number of hydrogen-bond acceptors (Lipinski definition) is 5. The fourth-order valence-electron chi connectivity index (χ4n) is 3.10. The Morgan fingerprint density at radius 1 is 1.15 bits per heavy atom. The van der Waals surface area contributed by atoms with Crippen LogP contribution in [0.5, 0.6) is 0 Å². The lowest BCUT2D eigenvalue weighted by atomic mass is 9.95. The molecule has 6 nitrogen and oxygen atoms in total. The van der Waals surface area contributed by atoms with Crippen molar-refractivity contribution in [2.75, 3.05) is 11.1 Å². The molecule has 0 spiro atoms. The van der Waals surface area contributed by atoms with Crippen LogP contribution >= 0.6 is 0 Å². The summed E-state index contributed by atoms with van der Waals surface area (Å²) in [6.07, 6.45) is 14.1. The minimum Gasteiger partial charge on any atom is -0.383 e. The summed E-state index contributed by atoms with van der Waals surface area (Å²) >= 11 is 0. The highest BCUT2D eigenvalue weighted by atomic mass is 15.1. The third-order valence-electron chi connectivity index (χ3n) is 4.23. The number of aryl methyl sites for hydroxylation is 1. The SMILES string of the molecule is CC.CC.CCn1cc(NC2=CNC3C=CC=CC23)c2c(N)ncnc21.[B]. The lowest BCUT2D eigenvalue weighted by Crippen LogP contribution is -2.26. The van der Waals surface area contributed by atoms with E-state index >= 15 is 0 Å². The minimum atomic E-state index is 0. The van der Waals surface area contributed by atoms with Gasteiger partial charge in [0.1, 0.15) is 17.8 Å². The number of rotatable bonds is 3. The van der Waals surface area contributed by atoms with Gasteiger partial charge in [-0.25, -0.2) is 9.97 Å². The first-order valence-corrected chi connectivity index (χ1v) is 9.45. The number of nitrogens with zero attached hydrogens (tertiary/aromatic N) is 3. The summed E-state index contributed by atoms with van der Waals surface area (Å²) < 4.78 is 2.08. The monoisotopic (exact) mass is 365 g/mol. The molecule has 0 amide bonds. The molecule has 27 heavy (non-hydrogen) atoms. The number of aromatic nitrogens is 3. The van der Waals surface area contributed by atoms with E-state index in [1.54, 1.807) is 0 Å². The van der Waals surface area contributed by atoms with Gasteiger partial charge in [-0.05, 0) is 6.92 Å². The van der Waals surface area contributed by atoms with Crippen molar-refractivity contribution in [3.05, 3.63) is 48.7 Å². The molecule has 0 saturated heterocycles. The lowest BCUT2D eigenvalue weighted by Gasteiger charge is -2.19. The Balaban J connectivity index is 0.000000686. The summed E-state index contributed by atoms with van der Waals surface area (Å²) in [7, 11) is 0. The minimum absolute atomic E-state index is 0. The normalized spacial score (nSPS) is 18.8. The molecule has 3 radical (unpaired) electrons. The van der Waals surface area contributed by atoms with E-state index in [4.69, 9.17) is 5.73 Å². The van der Waals surface area contributed by atoms with Gasteiger partial charge in [0.2, 0.25) is 0 Å². The highest BCUT2D eigenvalue weighted by Crippen LogP contribution is 2.33. The third-order valence-corrected chi connectivity index (χ3v) is 4.23. The van der Waals surface area contributed by atoms with Crippen molar-refractivity contribution in [1.29, 1.82) is 0 Å². The number of allylic oxidation sites excluding steroid dienone is 2. The Hall–Kier alpha value is -2.70. The summed E-state index contributed by atoms with van der Waals surface area (Å²) in [6.45, 7) is 10.9. The highest BCUT2D eigenvalue weighted by Gasteiger charge is 2.27. The summed E-state index contributed by atoms with van der Waals surface area (Å²) in [6, 6.07) is 0.320. The van der Waals surface area contributed by atoms with E-state index in [-0.39, 0.29) is 8.41 Å². The van der Waals surface area contributed by atoms with Gasteiger partial charge in [-0.1, -0.05) is 52.0 Å². The molecule has 0 bridgehead atoms. The lowest BCUT2D eigenvalue weighted by molar-refractivity contribution is 0.634. The molecule has 2 aromatic heterocycles. The molecule has 1 aliphatic heterocycles. The van der Waals surface area contributed by atoms with Crippen LogP contribution in [0.4, 0.5) is 11.5 Å². The van der Waals surface area contributed by atoms with E-state index in [1.807, 2.05) is 40.1 Å². The molecule has 2 unspecified atom stereocenters. The number of nitrogen functional groups attached to an aromatic ring is 1. The zero-order chi connectivity index (χ0) is 19.1. The number of hydrogen-bond donors (Lipinski definition) is 3. The Bertz CT molecular complexity index is 821. The van der Waals surface area contributed by atoms with Crippen LogP contribution in [-0.4, -0.2) is 29.0 Å². The molecular weight excluding hydrogens is 335 g/mol. The Kier molecular flexibility index (Phi) is 8.65. The molecule has 7 heteroatoms. The van der Waals surface area contributed by atoms with E-state index in [0.29, 0.717) is 17.8 Å². The van der Waals surface area contributed by atoms with Gasteiger partial charge >= 0.3 is 0 Å². The molecular formula is C20H30BN6. The number of nitrogens with one attached hydrogen (secondary N) is 2. The van der Waals surface area contributed by atoms with Gasteiger partial charge in [-0.3, -0.25) is 0 Å². The van der Waals surface area contributed by atoms with Gasteiger partial charge in [0.25, 0.3) is 0 Å². The van der Waals surface area contributed by atoms with E-state index in [2.05, 4.69) is 56.4 Å². The molecule has 0 aromatic carbocycles. The van der Waals surface area contributed by atoms with Gasteiger partial charge in [0.15, 0.2) is 0 Å². The second-order valence-electron chi connectivity index (χ2n) is 5.50. The molecule has 0 saturated carbocycles. The Labute approximate surface area is 164 Å². The number of nitrogens with two attached hydrogens (primary N) is 1. The van der Waals surface area contributed by atoms with Crippen LogP contribution in [0.2, 0.25) is 0 Å². The predicted octanol–water partition coefficient (Wildman–Crippen LogP) is 3.67. The molecule has 2 aromatic rings. The fourth-order valence-corrected chi connectivity index (χ4v) is 3.10. The van der Waals surface area contributed by atoms with Crippen LogP contribution in [0.15, 0.2) is 48.7 Å². The Morgan fingerprint density at radius 2 is 1.85 bits per heavy atom. The molecule has 4 rings (SSSR count). The Morgan fingerprint density at radius 3 is 2.56 bits per heavy atom. The average Bonchev–Trinajstić information content (AvgIpc) is 3.28. The predicted molar refractivity (Wildman–Crippen MR) is 116 cm³/mol. The first kappa shape index (κ1) is 22.3. The van der Waals surface area contributed by atoms with Gasteiger partial charge in [0.05, 0.1) is 17.1 Å². The maximum Gasteiger partial charge on any atom is 0.147 e. The zero-order valence-corrected chi connectivity index (χ0v) is 16.9. The highest BCUT2D eigenvalue weighted by molar-refractivity contribution is 5.98. The van der Waals surface area contributed by atoms with E-state index in [9.17, 15) is 0 Å². The zero-order valence-electron chi connectivity index (χ0n) is 16.9. The van der Waals surface area contributed by atoms with Crippen molar-refractivity contribution in [1.82, 2.24) is 19.9 Å². The summed E-state index contributed by atoms with van der Waals surface area (Å²) in [5, 5.41) is 7.77. The van der Waals surface area contributed by atoms with Crippen molar-refractivity contribution < 1.29 is 0 Å². The van der Waals surface area contributed by atoms with Gasteiger partial charge in [-0.2, -0.15) is 0 Å². The van der Waals surface area contributed by atoms with Crippen molar-refractivity contribution in [3.8, 4) is 0 Å². The molecule has 2 aliphatic rings. The quantitative estimate of drug-likeness (QED) is 0.723. The largest absolute Gasteiger partial charge is 0.383 e. The fraction of sp³-hybridized carbons (Fsp3) is 0.400. The molecule has 4 N–H and O–H groups in total. The van der Waals surface area contributed by atoms with Crippen LogP contribution in [0.25, 0.3) is 11.0 Å². The molecule has 2 atom stereocenters. The molecule has 3 heterocycles. The average molecular weight is 365 g/mol. The van der Waals surface area contributed by atoms with Gasteiger partial charge in [0, 0.05) is 39.0 Å². The van der Waals surface area contributed by atoms with E-state index in [0.717, 1.165) is 29.0 Å². The van der Waals surface area contributed by atoms with Gasteiger partial charge < -0.3 is 20.9 Å². The second kappa shape index (κ2) is 10.5. The summed E-state index contributed by atoms with van der Waals surface area (Å²) in [4.78, 5) is 8.49. The first-order chi connectivity index (χ1) is 12.8. The first-order valence-electron chi connectivity index (χ1n) is 9.45. The van der Waals surface area contributed by atoms with Crippen molar-refractivity contribution in [2.24, 2.45) is 5.92 Å². The van der Waals surface area contributed by atoms with Crippen LogP contribution in [0, 0.1) is 5.92 Å². The second-order valence-corrected chi connectivity index (χ2v) is 5.50. The summed E-state index contributed by atoms with van der Waals surface area (Å²) in [5.41, 5.74) is 9.01. The molecule has 143 valence electrons. The maximum absolute atomic E-state index is 6.07. The van der Waals surface area contributed by atoms with Crippen LogP contribution in [-0.2, 0) is 6.54 Å². The number of fused-ring (bicyclic) bond motifs is 2. The summed E-state index contributed by atoms with van der Waals surface area (Å²) in [5.74, 6) is 0.817. The van der Waals surface area contributed by atoms with E-state index in [1.165, 1.54) is 6.33 Å². The maximum atomic E-state index is 6.07. The molecule has 1 aliphatic carbocycles. The smallest absolute Gasteiger partial charge is 0.147 e. The number of anilines is 2. The third kappa shape index (κ3) is 4.35.